The quantitative estimate of drug-likeness (QED) is 0.877. The molecule has 1 amide bonds. The van der Waals surface area contributed by atoms with Gasteiger partial charge in [-0.3, -0.25) is 4.79 Å². The lowest BCUT2D eigenvalue weighted by molar-refractivity contribution is 0.102. The first-order chi connectivity index (χ1) is 8.63. The molecule has 0 aliphatic rings. The highest BCUT2D eigenvalue weighted by Gasteiger charge is 2.16. The van der Waals surface area contributed by atoms with Crippen LogP contribution < -0.4 is 5.32 Å². The van der Waals surface area contributed by atoms with Gasteiger partial charge in [0, 0.05) is 5.56 Å². The van der Waals surface area contributed by atoms with Crippen LogP contribution in [0.3, 0.4) is 0 Å². The Morgan fingerprint density at radius 1 is 1.33 bits per heavy atom. The maximum atomic E-state index is 12.1. The summed E-state index contributed by atoms with van der Waals surface area (Å²) in [6, 6.07) is 8.91. The number of hydrogen-bond acceptors (Lipinski definition) is 3. The Balaban J connectivity index is 2.31. The second-order valence-electron chi connectivity index (χ2n) is 3.96. The van der Waals surface area contributed by atoms with Crippen LogP contribution in [0, 0.1) is 25.2 Å². The number of carbonyl (C=O) groups is 1. The number of furan rings is 1. The summed E-state index contributed by atoms with van der Waals surface area (Å²) in [5.41, 5.74) is 2.23. The third-order valence-electron chi connectivity index (χ3n) is 2.68. The molecule has 0 aliphatic heterocycles. The molecule has 4 heteroatoms. The molecule has 0 bridgehead atoms. The standard InChI is InChI=1S/C14H12N2O2/c1-9-8-18-10(2)13(9)14(17)16-12-6-4-3-5-11(12)7-15/h3-6,8H,1-2H3,(H,16,17). The van der Waals surface area contributed by atoms with Gasteiger partial charge in [-0.1, -0.05) is 12.1 Å². The van der Waals surface area contributed by atoms with Gasteiger partial charge in [0.25, 0.3) is 5.91 Å². The van der Waals surface area contributed by atoms with Gasteiger partial charge in [0.2, 0.25) is 0 Å². The van der Waals surface area contributed by atoms with Crippen molar-refractivity contribution in [1.29, 1.82) is 5.26 Å². The molecule has 0 saturated heterocycles. The van der Waals surface area contributed by atoms with E-state index >= 15 is 0 Å². The molecule has 0 atom stereocenters. The van der Waals surface area contributed by atoms with Crippen LogP contribution >= 0.6 is 0 Å². The lowest BCUT2D eigenvalue weighted by atomic mass is 10.1. The fourth-order valence-corrected chi connectivity index (χ4v) is 1.79. The molecule has 2 rings (SSSR count). The average Bonchev–Trinajstić information content (AvgIpc) is 2.69. The van der Waals surface area contributed by atoms with Crippen molar-refractivity contribution in [1.82, 2.24) is 0 Å². The van der Waals surface area contributed by atoms with Crippen molar-refractivity contribution in [3.63, 3.8) is 0 Å². The van der Waals surface area contributed by atoms with E-state index in [1.165, 1.54) is 0 Å². The van der Waals surface area contributed by atoms with E-state index in [0.717, 1.165) is 5.56 Å². The van der Waals surface area contributed by atoms with Crippen molar-refractivity contribution >= 4 is 11.6 Å². The Bertz CT molecular complexity index is 616. The molecule has 2 aromatic rings. The molecular weight excluding hydrogens is 228 g/mol. The smallest absolute Gasteiger partial charge is 0.259 e. The summed E-state index contributed by atoms with van der Waals surface area (Å²) in [5, 5.41) is 11.7. The largest absolute Gasteiger partial charge is 0.469 e. The number of rotatable bonds is 2. The van der Waals surface area contributed by atoms with Crippen LogP contribution in [-0.2, 0) is 0 Å². The normalized spacial score (nSPS) is 9.83. The number of aryl methyl sites for hydroxylation is 2. The summed E-state index contributed by atoms with van der Waals surface area (Å²) >= 11 is 0. The first-order valence-corrected chi connectivity index (χ1v) is 5.48. The number of nitrogens with one attached hydrogen (secondary N) is 1. The molecule has 1 aromatic heterocycles. The third-order valence-corrected chi connectivity index (χ3v) is 2.68. The van der Waals surface area contributed by atoms with Crippen molar-refractivity contribution in [2.75, 3.05) is 5.32 Å². The van der Waals surface area contributed by atoms with Crippen LogP contribution in [0.15, 0.2) is 34.9 Å². The van der Waals surface area contributed by atoms with E-state index in [0.29, 0.717) is 22.6 Å². The highest BCUT2D eigenvalue weighted by molar-refractivity contribution is 6.06. The summed E-state index contributed by atoms with van der Waals surface area (Å²) in [4.78, 5) is 12.1. The van der Waals surface area contributed by atoms with Gasteiger partial charge >= 0.3 is 0 Å². The second-order valence-corrected chi connectivity index (χ2v) is 3.96. The molecule has 1 N–H and O–H groups in total. The van der Waals surface area contributed by atoms with E-state index in [4.69, 9.17) is 9.68 Å². The highest BCUT2D eigenvalue weighted by Crippen LogP contribution is 2.19. The van der Waals surface area contributed by atoms with Gasteiger partial charge in [0.15, 0.2) is 0 Å². The van der Waals surface area contributed by atoms with Crippen molar-refractivity contribution < 1.29 is 9.21 Å². The molecule has 1 aromatic carbocycles. The van der Waals surface area contributed by atoms with Crippen LogP contribution in [0.25, 0.3) is 0 Å². The fourth-order valence-electron chi connectivity index (χ4n) is 1.79. The number of hydrogen-bond donors (Lipinski definition) is 1. The number of anilines is 1. The summed E-state index contributed by atoms with van der Waals surface area (Å²) < 4.78 is 5.18. The number of amides is 1. The number of para-hydroxylation sites is 1. The molecule has 4 nitrogen and oxygen atoms in total. The van der Waals surface area contributed by atoms with Gasteiger partial charge < -0.3 is 9.73 Å². The number of nitriles is 1. The minimum atomic E-state index is -0.263. The number of benzene rings is 1. The zero-order chi connectivity index (χ0) is 13.1. The Hall–Kier alpha value is -2.54. The number of nitrogens with zero attached hydrogens (tertiary/aromatic N) is 1. The van der Waals surface area contributed by atoms with Gasteiger partial charge in [-0.25, -0.2) is 0 Å². The Morgan fingerprint density at radius 3 is 2.67 bits per heavy atom. The molecule has 0 aliphatic carbocycles. The molecule has 0 fully saturated rings. The maximum absolute atomic E-state index is 12.1. The van der Waals surface area contributed by atoms with Gasteiger partial charge in [-0.05, 0) is 26.0 Å². The molecule has 1 heterocycles. The van der Waals surface area contributed by atoms with Gasteiger partial charge in [0.1, 0.15) is 11.8 Å². The van der Waals surface area contributed by atoms with Crippen molar-refractivity contribution in [2.45, 2.75) is 13.8 Å². The van der Waals surface area contributed by atoms with E-state index in [-0.39, 0.29) is 5.91 Å². The van der Waals surface area contributed by atoms with E-state index in [1.807, 2.05) is 13.0 Å². The first-order valence-electron chi connectivity index (χ1n) is 5.48. The summed E-state index contributed by atoms with van der Waals surface area (Å²) in [5.74, 6) is 0.306. The molecule has 90 valence electrons. The lowest BCUT2D eigenvalue weighted by Crippen LogP contribution is -2.14. The van der Waals surface area contributed by atoms with Crippen LogP contribution in [-0.4, -0.2) is 5.91 Å². The minimum Gasteiger partial charge on any atom is -0.469 e. The molecule has 0 radical (unpaired) electrons. The summed E-state index contributed by atoms with van der Waals surface area (Å²) in [6.07, 6.45) is 1.54. The van der Waals surface area contributed by atoms with Crippen LogP contribution in [0.1, 0.15) is 27.2 Å². The second kappa shape index (κ2) is 4.76. The summed E-state index contributed by atoms with van der Waals surface area (Å²) in [7, 11) is 0. The van der Waals surface area contributed by atoms with Crippen LogP contribution in [0.2, 0.25) is 0 Å². The topological polar surface area (TPSA) is 66.0 Å². The minimum absolute atomic E-state index is 0.263. The molecule has 0 saturated carbocycles. The highest BCUT2D eigenvalue weighted by atomic mass is 16.3. The van der Waals surface area contributed by atoms with Crippen molar-refractivity contribution in [3.8, 4) is 6.07 Å². The Morgan fingerprint density at radius 2 is 2.06 bits per heavy atom. The average molecular weight is 240 g/mol. The molecule has 0 spiro atoms. The maximum Gasteiger partial charge on any atom is 0.259 e. The third kappa shape index (κ3) is 2.11. The lowest BCUT2D eigenvalue weighted by Gasteiger charge is -2.06. The van der Waals surface area contributed by atoms with E-state index in [9.17, 15) is 4.79 Å². The van der Waals surface area contributed by atoms with Crippen molar-refractivity contribution in [3.05, 3.63) is 53.0 Å². The van der Waals surface area contributed by atoms with Gasteiger partial charge in [0.05, 0.1) is 23.1 Å². The van der Waals surface area contributed by atoms with E-state index in [1.54, 1.807) is 37.5 Å². The van der Waals surface area contributed by atoms with Crippen LogP contribution in [0.4, 0.5) is 5.69 Å². The zero-order valence-electron chi connectivity index (χ0n) is 10.2. The molecule has 18 heavy (non-hydrogen) atoms. The Kier molecular flexibility index (Phi) is 3.16. The van der Waals surface area contributed by atoms with E-state index < -0.39 is 0 Å². The zero-order valence-corrected chi connectivity index (χ0v) is 10.2. The predicted octanol–water partition coefficient (Wildman–Crippen LogP) is 3.02. The van der Waals surface area contributed by atoms with E-state index in [2.05, 4.69) is 5.32 Å². The van der Waals surface area contributed by atoms with Crippen molar-refractivity contribution in [2.24, 2.45) is 0 Å². The van der Waals surface area contributed by atoms with Gasteiger partial charge in [-0.2, -0.15) is 5.26 Å². The Labute approximate surface area is 105 Å². The SMILES string of the molecule is Cc1coc(C)c1C(=O)Nc1ccccc1C#N. The first kappa shape index (κ1) is 11.9. The monoisotopic (exact) mass is 240 g/mol. The molecular formula is C14H12N2O2. The van der Waals surface area contributed by atoms with Gasteiger partial charge in [-0.15, -0.1) is 0 Å². The van der Waals surface area contributed by atoms with Crippen LogP contribution in [0.5, 0.6) is 0 Å². The summed E-state index contributed by atoms with van der Waals surface area (Å²) in [6.45, 7) is 3.54. The molecule has 0 unspecified atom stereocenters. The number of carbonyl (C=O) groups excluding carboxylic acids is 1. The fraction of sp³-hybridized carbons (Fsp3) is 0.143. The predicted molar refractivity (Wildman–Crippen MR) is 67.3 cm³/mol.